The van der Waals surface area contributed by atoms with Crippen molar-refractivity contribution in [2.45, 2.75) is 70.6 Å². The van der Waals surface area contributed by atoms with Gasteiger partial charge in [-0.2, -0.15) is 0 Å². The second-order valence-corrected chi connectivity index (χ2v) is 6.37. The summed E-state index contributed by atoms with van der Waals surface area (Å²) in [6.07, 6.45) is 7.84. The van der Waals surface area contributed by atoms with Crippen LogP contribution in [-0.2, 0) is 0 Å². The van der Waals surface area contributed by atoms with E-state index in [0.29, 0.717) is 12.1 Å². The molecule has 1 heterocycles. The largest absolute Gasteiger partial charge is 0.301 e. The lowest BCUT2D eigenvalue weighted by molar-refractivity contribution is 0.0749. The minimum absolute atomic E-state index is 0.0712. The van der Waals surface area contributed by atoms with E-state index in [2.05, 4.69) is 57.8 Å². The van der Waals surface area contributed by atoms with E-state index in [1.807, 2.05) is 0 Å². The number of likely N-dealkylation sites (tertiary alicyclic amines) is 1. The maximum absolute atomic E-state index is 5.78. The van der Waals surface area contributed by atoms with E-state index in [9.17, 15) is 0 Å². The molecule has 0 amide bonds. The lowest BCUT2D eigenvalue weighted by Crippen LogP contribution is -2.62. The third-order valence-electron chi connectivity index (χ3n) is 3.57. The third-order valence-corrected chi connectivity index (χ3v) is 3.57. The molecule has 0 aromatic heterocycles. The van der Waals surface area contributed by atoms with Gasteiger partial charge in [-0.25, -0.2) is 0 Å². The van der Waals surface area contributed by atoms with Crippen molar-refractivity contribution in [2.75, 3.05) is 7.05 Å². The normalized spacial score (nSPS) is 37.1. The SMILES string of the molecule is C#CC1(NC(C)(C)C)CC(C)N(C)C(C)C1. The van der Waals surface area contributed by atoms with Crippen LogP contribution < -0.4 is 5.32 Å². The number of nitrogens with zero attached hydrogens (tertiary/aromatic N) is 1. The van der Waals surface area contributed by atoms with Gasteiger partial charge < -0.3 is 4.90 Å². The molecule has 0 spiro atoms. The number of nitrogens with one attached hydrogen (secondary N) is 1. The zero-order valence-corrected chi connectivity index (χ0v) is 11.6. The molecule has 0 radical (unpaired) electrons. The van der Waals surface area contributed by atoms with Crippen LogP contribution >= 0.6 is 0 Å². The van der Waals surface area contributed by atoms with Crippen LogP contribution in [0.3, 0.4) is 0 Å². The Kier molecular flexibility index (Phi) is 3.72. The van der Waals surface area contributed by atoms with Crippen LogP contribution in [0.5, 0.6) is 0 Å². The van der Waals surface area contributed by atoms with Gasteiger partial charge in [0.25, 0.3) is 0 Å². The van der Waals surface area contributed by atoms with Gasteiger partial charge in [0.15, 0.2) is 0 Å². The summed E-state index contributed by atoms with van der Waals surface area (Å²) in [5.74, 6) is 3.02. The molecule has 2 nitrogen and oxygen atoms in total. The van der Waals surface area contributed by atoms with Gasteiger partial charge in [0, 0.05) is 17.6 Å². The Hall–Kier alpha value is -0.520. The zero-order chi connectivity index (χ0) is 12.6. The summed E-state index contributed by atoms with van der Waals surface area (Å²) in [5, 5.41) is 3.64. The highest BCUT2D eigenvalue weighted by molar-refractivity contribution is 5.18. The monoisotopic (exact) mass is 222 g/mol. The average molecular weight is 222 g/mol. The maximum atomic E-state index is 5.78. The van der Waals surface area contributed by atoms with E-state index in [1.54, 1.807) is 0 Å². The first-order chi connectivity index (χ1) is 7.19. The van der Waals surface area contributed by atoms with Crippen molar-refractivity contribution in [1.29, 1.82) is 0 Å². The molecule has 0 aliphatic carbocycles. The summed E-state index contributed by atoms with van der Waals surface area (Å²) in [7, 11) is 2.19. The molecule has 1 fully saturated rings. The predicted octanol–water partition coefficient (Wildman–Crippen LogP) is 2.25. The van der Waals surface area contributed by atoms with Crippen molar-refractivity contribution >= 4 is 0 Å². The van der Waals surface area contributed by atoms with E-state index >= 15 is 0 Å². The fourth-order valence-corrected chi connectivity index (χ4v) is 2.79. The molecular weight excluding hydrogens is 196 g/mol. The lowest BCUT2D eigenvalue weighted by Gasteiger charge is -2.48. The van der Waals surface area contributed by atoms with Crippen molar-refractivity contribution in [1.82, 2.24) is 10.2 Å². The van der Waals surface area contributed by atoms with Crippen LogP contribution in [0.15, 0.2) is 0 Å². The van der Waals surface area contributed by atoms with Crippen molar-refractivity contribution in [3.63, 3.8) is 0 Å². The first-order valence-corrected chi connectivity index (χ1v) is 6.18. The quantitative estimate of drug-likeness (QED) is 0.685. The van der Waals surface area contributed by atoms with Crippen molar-refractivity contribution in [2.24, 2.45) is 0 Å². The number of terminal acetylenes is 1. The third kappa shape index (κ3) is 2.99. The number of hydrogen-bond acceptors (Lipinski definition) is 2. The number of rotatable bonds is 1. The second kappa shape index (κ2) is 4.39. The van der Waals surface area contributed by atoms with Crippen LogP contribution in [-0.4, -0.2) is 35.1 Å². The van der Waals surface area contributed by atoms with E-state index in [4.69, 9.17) is 6.42 Å². The highest BCUT2D eigenvalue weighted by Crippen LogP contribution is 2.31. The second-order valence-electron chi connectivity index (χ2n) is 6.37. The molecule has 92 valence electrons. The summed E-state index contributed by atoms with van der Waals surface area (Å²) in [5.41, 5.74) is -0.0642. The predicted molar refractivity (Wildman–Crippen MR) is 70.4 cm³/mol. The fourth-order valence-electron chi connectivity index (χ4n) is 2.79. The summed E-state index contributed by atoms with van der Waals surface area (Å²) in [4.78, 5) is 2.42. The van der Waals surface area contributed by atoms with Gasteiger partial charge in [-0.05, 0) is 54.5 Å². The molecule has 16 heavy (non-hydrogen) atoms. The van der Waals surface area contributed by atoms with E-state index < -0.39 is 0 Å². The molecular formula is C14H26N2. The fraction of sp³-hybridized carbons (Fsp3) is 0.857. The van der Waals surface area contributed by atoms with Gasteiger partial charge in [0.05, 0.1) is 5.54 Å². The van der Waals surface area contributed by atoms with Gasteiger partial charge in [-0.1, -0.05) is 5.92 Å². The molecule has 2 unspecified atom stereocenters. The highest BCUT2D eigenvalue weighted by atomic mass is 15.2. The van der Waals surface area contributed by atoms with Gasteiger partial charge in [0.2, 0.25) is 0 Å². The topological polar surface area (TPSA) is 15.3 Å². The maximum Gasteiger partial charge on any atom is 0.0831 e. The summed E-state index contributed by atoms with van der Waals surface area (Å²) in [6, 6.07) is 1.07. The molecule has 0 aromatic carbocycles. The molecule has 0 aromatic rings. The van der Waals surface area contributed by atoms with Crippen LogP contribution in [0.1, 0.15) is 47.5 Å². The van der Waals surface area contributed by atoms with Gasteiger partial charge in [0.1, 0.15) is 0 Å². The van der Waals surface area contributed by atoms with Crippen LogP contribution in [0.2, 0.25) is 0 Å². The molecule has 1 saturated heterocycles. The van der Waals surface area contributed by atoms with Crippen LogP contribution in [0, 0.1) is 12.3 Å². The standard InChI is InChI=1S/C14H26N2/c1-8-14(15-13(4,5)6)9-11(2)16(7)12(3)10-14/h1,11-12,15H,9-10H2,2-7H3. The first kappa shape index (κ1) is 13.5. The average Bonchev–Trinajstić information content (AvgIpc) is 2.11. The highest BCUT2D eigenvalue weighted by Gasteiger charge is 2.40. The van der Waals surface area contributed by atoms with E-state index in [0.717, 1.165) is 12.8 Å². The summed E-state index contributed by atoms with van der Waals surface area (Å²) < 4.78 is 0. The van der Waals surface area contributed by atoms with Crippen LogP contribution in [0.25, 0.3) is 0 Å². The Bertz CT molecular complexity index is 270. The molecule has 1 aliphatic heterocycles. The Morgan fingerprint density at radius 2 is 1.69 bits per heavy atom. The molecule has 1 rings (SSSR count). The Morgan fingerprint density at radius 1 is 1.25 bits per heavy atom. The Morgan fingerprint density at radius 3 is 2.00 bits per heavy atom. The minimum atomic E-state index is -0.135. The van der Waals surface area contributed by atoms with E-state index in [1.165, 1.54) is 0 Å². The Balaban J connectivity index is 2.87. The minimum Gasteiger partial charge on any atom is -0.301 e. The molecule has 0 saturated carbocycles. The van der Waals surface area contributed by atoms with Gasteiger partial charge >= 0.3 is 0 Å². The lowest BCUT2D eigenvalue weighted by atomic mass is 9.79. The van der Waals surface area contributed by atoms with Gasteiger partial charge in [-0.15, -0.1) is 6.42 Å². The van der Waals surface area contributed by atoms with Crippen LogP contribution in [0.4, 0.5) is 0 Å². The smallest absolute Gasteiger partial charge is 0.0831 e. The number of piperidine rings is 1. The van der Waals surface area contributed by atoms with Crippen molar-refractivity contribution in [3.8, 4) is 12.3 Å². The number of hydrogen-bond donors (Lipinski definition) is 1. The van der Waals surface area contributed by atoms with E-state index in [-0.39, 0.29) is 11.1 Å². The zero-order valence-electron chi connectivity index (χ0n) is 11.6. The molecule has 2 atom stereocenters. The van der Waals surface area contributed by atoms with Crippen molar-refractivity contribution < 1.29 is 0 Å². The van der Waals surface area contributed by atoms with Gasteiger partial charge in [-0.3, -0.25) is 5.32 Å². The molecule has 1 N–H and O–H groups in total. The molecule has 0 bridgehead atoms. The first-order valence-electron chi connectivity index (χ1n) is 6.18. The van der Waals surface area contributed by atoms with Crippen molar-refractivity contribution in [3.05, 3.63) is 0 Å². The molecule has 2 heteroatoms. The summed E-state index contributed by atoms with van der Waals surface area (Å²) >= 11 is 0. The molecule has 1 aliphatic rings. The summed E-state index contributed by atoms with van der Waals surface area (Å²) in [6.45, 7) is 11.1. The Labute approximate surface area is 101 Å².